The van der Waals surface area contributed by atoms with Crippen LogP contribution < -0.4 is 5.32 Å². The van der Waals surface area contributed by atoms with E-state index in [1.165, 1.54) is 17.7 Å². The van der Waals surface area contributed by atoms with E-state index in [0.29, 0.717) is 5.56 Å². The molecule has 0 fully saturated rings. The zero-order valence-electron chi connectivity index (χ0n) is 13.5. The average Bonchev–Trinajstić information content (AvgIpc) is 2.61. The van der Waals surface area contributed by atoms with Gasteiger partial charge in [0, 0.05) is 5.02 Å². The van der Waals surface area contributed by atoms with E-state index in [2.05, 4.69) is 5.32 Å². The number of ether oxygens (including phenoxy) is 1. The summed E-state index contributed by atoms with van der Waals surface area (Å²) in [6, 6.07) is 9.38. The molecule has 4 nitrogen and oxygen atoms in total. The van der Waals surface area contributed by atoms with Gasteiger partial charge in [-0.05, 0) is 67.1 Å². The van der Waals surface area contributed by atoms with Crippen molar-refractivity contribution in [3.05, 3.63) is 63.9 Å². The third-order valence-electron chi connectivity index (χ3n) is 4.12. The number of fused-ring (bicyclic) bond motifs is 1. The van der Waals surface area contributed by atoms with Gasteiger partial charge in [0.05, 0.1) is 11.3 Å². The maximum Gasteiger partial charge on any atom is 0.338 e. The SMILES string of the molecule is O=C(COC(=O)c1ccc2c(c1)CCCC2)Nc1ccc(Cl)cc1F. The van der Waals surface area contributed by atoms with Crippen LogP contribution in [0.4, 0.5) is 10.1 Å². The molecule has 1 aliphatic carbocycles. The highest BCUT2D eigenvalue weighted by molar-refractivity contribution is 6.30. The Hall–Kier alpha value is -2.40. The molecule has 0 bridgehead atoms. The Bertz CT molecular complexity index is 822. The summed E-state index contributed by atoms with van der Waals surface area (Å²) in [6.45, 7) is -0.488. The molecule has 0 atom stereocenters. The first kappa shape index (κ1) is 17.4. The average molecular weight is 362 g/mol. The molecule has 25 heavy (non-hydrogen) atoms. The van der Waals surface area contributed by atoms with Crippen LogP contribution in [-0.2, 0) is 22.4 Å². The van der Waals surface area contributed by atoms with Crippen LogP contribution in [0, 0.1) is 5.82 Å². The number of amides is 1. The van der Waals surface area contributed by atoms with Gasteiger partial charge >= 0.3 is 5.97 Å². The molecule has 0 heterocycles. The molecule has 0 aliphatic heterocycles. The lowest BCUT2D eigenvalue weighted by molar-refractivity contribution is -0.119. The fourth-order valence-corrected chi connectivity index (χ4v) is 3.01. The summed E-state index contributed by atoms with van der Waals surface area (Å²) in [7, 11) is 0. The van der Waals surface area contributed by atoms with Gasteiger partial charge < -0.3 is 10.1 Å². The molecule has 1 aliphatic rings. The fraction of sp³-hybridized carbons (Fsp3) is 0.263. The van der Waals surface area contributed by atoms with E-state index < -0.39 is 24.3 Å². The Morgan fingerprint density at radius 1 is 1.08 bits per heavy atom. The summed E-state index contributed by atoms with van der Waals surface area (Å²) in [6.07, 6.45) is 4.26. The second kappa shape index (κ2) is 7.66. The van der Waals surface area contributed by atoms with Crippen molar-refractivity contribution in [1.29, 1.82) is 0 Å². The lowest BCUT2D eigenvalue weighted by Crippen LogP contribution is -2.21. The molecular weight excluding hydrogens is 345 g/mol. The zero-order chi connectivity index (χ0) is 17.8. The van der Waals surface area contributed by atoms with E-state index in [9.17, 15) is 14.0 Å². The quantitative estimate of drug-likeness (QED) is 0.832. The first-order chi connectivity index (χ1) is 12.0. The molecule has 2 aromatic carbocycles. The number of hydrogen-bond acceptors (Lipinski definition) is 3. The van der Waals surface area contributed by atoms with Crippen molar-refractivity contribution in [2.45, 2.75) is 25.7 Å². The van der Waals surface area contributed by atoms with Gasteiger partial charge in [0.25, 0.3) is 5.91 Å². The first-order valence-corrected chi connectivity index (χ1v) is 8.44. The second-order valence-corrected chi connectivity index (χ2v) is 6.38. The Morgan fingerprint density at radius 3 is 2.60 bits per heavy atom. The van der Waals surface area contributed by atoms with Gasteiger partial charge in [-0.25, -0.2) is 9.18 Å². The third-order valence-corrected chi connectivity index (χ3v) is 4.36. The molecule has 0 spiro atoms. The number of esters is 1. The molecule has 0 saturated carbocycles. The van der Waals surface area contributed by atoms with Gasteiger partial charge in [-0.2, -0.15) is 0 Å². The maximum absolute atomic E-state index is 13.6. The van der Waals surface area contributed by atoms with Gasteiger partial charge in [0.15, 0.2) is 6.61 Å². The molecule has 6 heteroatoms. The van der Waals surface area contributed by atoms with Crippen LogP contribution >= 0.6 is 11.6 Å². The Balaban J connectivity index is 1.57. The number of anilines is 1. The van der Waals surface area contributed by atoms with Crippen LogP contribution in [-0.4, -0.2) is 18.5 Å². The van der Waals surface area contributed by atoms with Gasteiger partial charge in [-0.3, -0.25) is 4.79 Å². The number of hydrogen-bond donors (Lipinski definition) is 1. The van der Waals surface area contributed by atoms with E-state index >= 15 is 0 Å². The van der Waals surface area contributed by atoms with E-state index in [0.717, 1.165) is 37.3 Å². The molecule has 0 saturated heterocycles. The molecule has 1 amide bonds. The number of aryl methyl sites for hydroxylation is 2. The number of rotatable bonds is 4. The topological polar surface area (TPSA) is 55.4 Å². The largest absolute Gasteiger partial charge is 0.452 e. The van der Waals surface area contributed by atoms with E-state index in [4.69, 9.17) is 16.3 Å². The molecule has 1 N–H and O–H groups in total. The lowest BCUT2D eigenvalue weighted by Gasteiger charge is -2.16. The van der Waals surface area contributed by atoms with Crippen molar-refractivity contribution in [3.63, 3.8) is 0 Å². The van der Waals surface area contributed by atoms with Crippen LogP contribution in [0.2, 0.25) is 5.02 Å². The highest BCUT2D eigenvalue weighted by Gasteiger charge is 2.15. The molecule has 130 valence electrons. The minimum absolute atomic E-state index is 0.0146. The highest BCUT2D eigenvalue weighted by Crippen LogP contribution is 2.22. The molecule has 2 aromatic rings. The monoisotopic (exact) mass is 361 g/mol. The van der Waals surface area contributed by atoms with Gasteiger partial charge in [-0.15, -0.1) is 0 Å². The van der Waals surface area contributed by atoms with Gasteiger partial charge in [0.2, 0.25) is 0 Å². The highest BCUT2D eigenvalue weighted by atomic mass is 35.5. The summed E-state index contributed by atoms with van der Waals surface area (Å²) < 4.78 is 18.6. The number of benzene rings is 2. The standard InChI is InChI=1S/C19H17ClFNO3/c20-15-7-8-17(16(21)10-15)22-18(23)11-25-19(24)14-6-5-12-3-1-2-4-13(12)9-14/h5-10H,1-4,11H2,(H,22,23). The van der Waals surface area contributed by atoms with Crippen LogP contribution in [0.5, 0.6) is 0 Å². The number of carbonyl (C=O) groups is 2. The molecule has 0 unspecified atom stereocenters. The second-order valence-electron chi connectivity index (χ2n) is 5.94. The van der Waals surface area contributed by atoms with Crippen molar-refractivity contribution < 1.29 is 18.7 Å². The van der Waals surface area contributed by atoms with Crippen LogP contribution in [0.15, 0.2) is 36.4 Å². The Kier molecular flexibility index (Phi) is 5.34. The molecule has 3 rings (SSSR count). The predicted octanol–water partition coefficient (Wildman–Crippen LogP) is 4.15. The summed E-state index contributed by atoms with van der Waals surface area (Å²) in [5.74, 6) is -1.84. The van der Waals surface area contributed by atoms with Gasteiger partial charge in [0.1, 0.15) is 5.82 Å². The zero-order valence-corrected chi connectivity index (χ0v) is 14.2. The summed E-state index contributed by atoms with van der Waals surface area (Å²) in [5, 5.41) is 2.58. The van der Waals surface area contributed by atoms with Gasteiger partial charge in [-0.1, -0.05) is 17.7 Å². The van der Waals surface area contributed by atoms with Crippen molar-refractivity contribution in [2.24, 2.45) is 0 Å². The van der Waals surface area contributed by atoms with Crippen LogP contribution in [0.3, 0.4) is 0 Å². The minimum Gasteiger partial charge on any atom is -0.452 e. The Labute approximate surface area is 149 Å². The Morgan fingerprint density at radius 2 is 1.84 bits per heavy atom. The minimum atomic E-state index is -0.651. The lowest BCUT2D eigenvalue weighted by atomic mass is 9.90. The van der Waals surface area contributed by atoms with E-state index in [1.54, 1.807) is 6.07 Å². The summed E-state index contributed by atoms with van der Waals surface area (Å²) >= 11 is 5.65. The molecule has 0 radical (unpaired) electrons. The van der Waals surface area contributed by atoms with Crippen molar-refractivity contribution in [3.8, 4) is 0 Å². The fourth-order valence-electron chi connectivity index (χ4n) is 2.85. The maximum atomic E-state index is 13.6. The van der Waals surface area contributed by atoms with Crippen LogP contribution in [0.1, 0.15) is 34.3 Å². The third kappa shape index (κ3) is 4.37. The molecule has 0 aromatic heterocycles. The number of carbonyl (C=O) groups excluding carboxylic acids is 2. The first-order valence-electron chi connectivity index (χ1n) is 8.07. The van der Waals surface area contributed by atoms with Crippen LogP contribution in [0.25, 0.3) is 0 Å². The smallest absolute Gasteiger partial charge is 0.338 e. The van der Waals surface area contributed by atoms with Crippen molar-refractivity contribution >= 4 is 29.2 Å². The summed E-state index contributed by atoms with van der Waals surface area (Å²) in [5.41, 5.74) is 2.83. The van der Waals surface area contributed by atoms with E-state index in [-0.39, 0.29) is 10.7 Å². The number of nitrogens with one attached hydrogen (secondary N) is 1. The van der Waals surface area contributed by atoms with Crippen molar-refractivity contribution in [1.82, 2.24) is 0 Å². The number of halogens is 2. The summed E-state index contributed by atoms with van der Waals surface area (Å²) in [4.78, 5) is 23.9. The normalized spacial score (nSPS) is 13.0. The van der Waals surface area contributed by atoms with E-state index in [1.807, 2.05) is 12.1 Å². The molecular formula is C19H17ClFNO3. The van der Waals surface area contributed by atoms with Crippen molar-refractivity contribution in [2.75, 3.05) is 11.9 Å². The predicted molar refractivity (Wildman–Crippen MR) is 93.4 cm³/mol.